The van der Waals surface area contributed by atoms with Crippen LogP contribution in [-0.4, -0.2) is 155 Å². The number of rotatable bonds is 38. The summed E-state index contributed by atoms with van der Waals surface area (Å²) in [6.45, 7) is 25.4. The van der Waals surface area contributed by atoms with Crippen molar-refractivity contribution in [3.63, 3.8) is 0 Å². The van der Waals surface area contributed by atoms with Crippen molar-refractivity contribution in [3.05, 3.63) is 0 Å². The average Bonchev–Trinajstić information content (AvgIpc) is 3.29. The van der Waals surface area contributed by atoms with E-state index in [0.29, 0.717) is 19.4 Å². The molecule has 0 rings (SSSR count). The fourth-order valence-electron chi connectivity index (χ4n) is 8.13. The maximum atomic E-state index is 14.1. The number of nitrogens with zero attached hydrogens (tertiary/aromatic N) is 1. The molecule has 0 fully saturated rings. The molecule has 11 N–H and O–H groups in total. The zero-order valence-corrected chi connectivity index (χ0v) is 50.0. The number of carbonyl (C=O) groups is 10. The van der Waals surface area contributed by atoms with E-state index in [0.717, 1.165) is 44.9 Å². The molecule has 7 unspecified atom stereocenters. The van der Waals surface area contributed by atoms with Gasteiger partial charge in [0.05, 0.1) is 6.10 Å². The third kappa shape index (κ3) is 29.3. The van der Waals surface area contributed by atoms with Crippen molar-refractivity contribution >= 4 is 59.1 Å². The first-order valence-corrected chi connectivity index (χ1v) is 28.0. The summed E-state index contributed by atoms with van der Waals surface area (Å²) in [5.74, 6) is -6.55. The molecular formula is C55H103N11O11. The summed E-state index contributed by atoms with van der Waals surface area (Å²) in [7, 11) is 3.78. The van der Waals surface area contributed by atoms with E-state index in [9.17, 15) is 53.1 Å². The molecule has 22 heteroatoms. The molecule has 0 bridgehead atoms. The maximum absolute atomic E-state index is 14.1. The van der Waals surface area contributed by atoms with Gasteiger partial charge in [0.15, 0.2) is 0 Å². The standard InChI is InChI=1S/C55H103N11O11/c1-18-20-22-23-24-26-27-39(59-45(70)37(8)58-42(68)28-25-21-19-2)46(71)62-44(38(9)67)49(74)64-54(12,13)51(76)61-40(31-34(3)4)47(72)60-41(32-35(5)6)48(73)63-55(14,15)52(77)65-53(10,11)50(75)56-30-29-43(69)57-36(7)33-66(16)17/h34-41,44,67H,18-33H2,1-17H3,(H,56,75)(H,57,69)(H,58,68)(H,59,70)(H,60,72)(H,61,76)(H,62,71)(H,63,73)(H,64,74)(H,65,77). The Hall–Kier alpha value is -5.38. The van der Waals surface area contributed by atoms with E-state index in [-0.39, 0.29) is 68.3 Å². The summed E-state index contributed by atoms with van der Waals surface area (Å²) >= 11 is 0. The van der Waals surface area contributed by atoms with E-state index in [4.69, 9.17) is 0 Å². The molecule has 0 heterocycles. The highest BCUT2D eigenvalue weighted by Crippen LogP contribution is 2.16. The third-order valence-corrected chi connectivity index (χ3v) is 12.7. The van der Waals surface area contributed by atoms with Crippen LogP contribution in [0.25, 0.3) is 0 Å². The van der Waals surface area contributed by atoms with E-state index in [1.165, 1.54) is 55.4 Å². The van der Waals surface area contributed by atoms with Crippen molar-refractivity contribution in [2.24, 2.45) is 11.8 Å². The van der Waals surface area contributed by atoms with Gasteiger partial charge in [-0.3, -0.25) is 47.9 Å². The summed E-state index contributed by atoms with van der Waals surface area (Å²) in [6, 6.07) is -6.15. The average molecular weight is 1090 g/mol. The van der Waals surface area contributed by atoms with Crippen LogP contribution in [0.4, 0.5) is 0 Å². The van der Waals surface area contributed by atoms with E-state index >= 15 is 0 Å². The maximum Gasteiger partial charge on any atom is 0.246 e. The molecule has 0 aliphatic rings. The number of hydrogen-bond donors (Lipinski definition) is 11. The molecule has 444 valence electrons. The predicted molar refractivity (Wildman–Crippen MR) is 299 cm³/mol. The Bertz CT molecular complexity index is 1920. The molecule has 0 aliphatic carbocycles. The fraction of sp³-hybridized carbons (Fsp3) is 0.818. The molecule has 0 radical (unpaired) electrons. The first-order valence-electron chi connectivity index (χ1n) is 28.0. The number of unbranched alkanes of at least 4 members (excludes halogenated alkanes) is 7. The molecule has 0 aromatic heterocycles. The molecule has 10 amide bonds. The molecule has 7 atom stereocenters. The number of amides is 10. The van der Waals surface area contributed by atoms with Crippen LogP contribution in [0.3, 0.4) is 0 Å². The van der Waals surface area contributed by atoms with Gasteiger partial charge < -0.3 is 63.2 Å². The molecular weight excluding hydrogens is 991 g/mol. The summed E-state index contributed by atoms with van der Waals surface area (Å²) in [6.07, 6.45) is 7.16. The van der Waals surface area contributed by atoms with Gasteiger partial charge in [-0.1, -0.05) is 92.9 Å². The second-order valence-electron chi connectivity index (χ2n) is 23.5. The van der Waals surface area contributed by atoms with Gasteiger partial charge in [-0.15, -0.1) is 0 Å². The highest BCUT2D eigenvalue weighted by Gasteiger charge is 2.41. The van der Waals surface area contributed by atoms with Gasteiger partial charge in [-0.2, -0.15) is 0 Å². The predicted octanol–water partition coefficient (Wildman–Crippen LogP) is 2.49. The Morgan fingerprint density at radius 1 is 0.468 bits per heavy atom. The number of hydrogen-bond acceptors (Lipinski definition) is 12. The Morgan fingerprint density at radius 2 is 0.935 bits per heavy atom. The topological polar surface area (TPSA) is 314 Å². The molecule has 0 aromatic carbocycles. The molecule has 22 nitrogen and oxygen atoms in total. The van der Waals surface area contributed by atoms with Gasteiger partial charge in [-0.25, -0.2) is 0 Å². The monoisotopic (exact) mass is 1090 g/mol. The Balaban J connectivity index is 6.15. The van der Waals surface area contributed by atoms with Crippen LogP contribution >= 0.6 is 0 Å². The highest BCUT2D eigenvalue weighted by molar-refractivity contribution is 6.00. The van der Waals surface area contributed by atoms with Crippen molar-refractivity contribution in [1.29, 1.82) is 0 Å². The lowest BCUT2D eigenvalue weighted by Crippen LogP contribution is -2.65. The van der Waals surface area contributed by atoms with Crippen molar-refractivity contribution in [2.75, 3.05) is 27.2 Å². The molecule has 0 aromatic rings. The number of likely N-dealkylation sites (N-methyl/N-ethyl adjacent to an activating group) is 1. The fourth-order valence-corrected chi connectivity index (χ4v) is 8.13. The Kier molecular flexibility index (Phi) is 32.7. The largest absolute Gasteiger partial charge is 0.391 e. The molecule has 77 heavy (non-hydrogen) atoms. The molecule has 0 spiro atoms. The Labute approximate surface area is 460 Å². The van der Waals surface area contributed by atoms with Gasteiger partial charge in [0.1, 0.15) is 46.8 Å². The number of aliphatic hydroxyl groups excluding tert-OH is 1. The summed E-state index contributed by atoms with van der Waals surface area (Å²) < 4.78 is 0. The van der Waals surface area contributed by atoms with Crippen LogP contribution in [0.15, 0.2) is 0 Å². The first kappa shape index (κ1) is 71.6. The summed E-state index contributed by atoms with van der Waals surface area (Å²) in [5, 5.41) is 37.7. The van der Waals surface area contributed by atoms with Gasteiger partial charge in [0.2, 0.25) is 59.1 Å². The minimum absolute atomic E-state index is 0.0217. The zero-order chi connectivity index (χ0) is 59.4. The van der Waals surface area contributed by atoms with Crippen molar-refractivity contribution in [1.82, 2.24) is 58.1 Å². The van der Waals surface area contributed by atoms with Crippen molar-refractivity contribution in [3.8, 4) is 0 Å². The van der Waals surface area contributed by atoms with Gasteiger partial charge >= 0.3 is 0 Å². The van der Waals surface area contributed by atoms with Gasteiger partial charge in [-0.05, 0) is 114 Å². The molecule has 0 saturated carbocycles. The quantitative estimate of drug-likeness (QED) is 0.0398. The van der Waals surface area contributed by atoms with Gasteiger partial charge in [0.25, 0.3) is 0 Å². The van der Waals surface area contributed by atoms with E-state index < -0.39 is 100 Å². The molecule has 0 aliphatic heterocycles. The molecule has 0 saturated heterocycles. The summed E-state index contributed by atoms with van der Waals surface area (Å²) in [4.78, 5) is 137. The lowest BCUT2D eigenvalue weighted by Gasteiger charge is -2.34. The minimum atomic E-state index is -1.74. The van der Waals surface area contributed by atoms with E-state index in [2.05, 4.69) is 60.1 Å². The Morgan fingerprint density at radius 3 is 1.48 bits per heavy atom. The minimum Gasteiger partial charge on any atom is -0.391 e. The van der Waals surface area contributed by atoms with Crippen LogP contribution in [0, 0.1) is 11.8 Å². The van der Waals surface area contributed by atoms with Crippen LogP contribution in [0.1, 0.15) is 194 Å². The van der Waals surface area contributed by atoms with Crippen molar-refractivity contribution in [2.45, 2.75) is 253 Å². The first-order chi connectivity index (χ1) is 35.6. The van der Waals surface area contributed by atoms with Gasteiger partial charge in [0, 0.05) is 32.0 Å². The van der Waals surface area contributed by atoms with Crippen LogP contribution in [-0.2, 0) is 47.9 Å². The van der Waals surface area contributed by atoms with E-state index in [1.54, 1.807) is 0 Å². The van der Waals surface area contributed by atoms with Crippen LogP contribution < -0.4 is 53.2 Å². The van der Waals surface area contributed by atoms with E-state index in [1.807, 2.05) is 60.5 Å². The second kappa shape index (κ2) is 35.2. The SMILES string of the molecule is CCCCCCCCC(NC(=O)C(C)NC(=O)CCCCC)C(=O)NC(C(=O)NC(C)(C)C(=O)NC(CC(C)C)C(=O)NC(CC(C)C)C(=O)NC(C)(C)C(=O)NC(C)(C)C(=O)NCCC(=O)NC(C)CN(C)C)C(C)O. The van der Waals surface area contributed by atoms with Crippen LogP contribution in [0.2, 0.25) is 0 Å². The highest BCUT2D eigenvalue weighted by atomic mass is 16.3. The number of carbonyl (C=O) groups excluding carboxylic acids is 10. The lowest BCUT2D eigenvalue weighted by atomic mass is 9.96. The third-order valence-electron chi connectivity index (χ3n) is 12.7. The number of aliphatic hydroxyl groups is 1. The second-order valence-corrected chi connectivity index (χ2v) is 23.5. The smallest absolute Gasteiger partial charge is 0.246 e. The normalized spacial score (nSPS) is 14.7. The summed E-state index contributed by atoms with van der Waals surface area (Å²) in [5.41, 5.74) is -4.79. The van der Waals surface area contributed by atoms with Crippen LogP contribution in [0.5, 0.6) is 0 Å². The van der Waals surface area contributed by atoms with Crippen molar-refractivity contribution < 1.29 is 53.1 Å². The lowest BCUT2D eigenvalue weighted by molar-refractivity contribution is -0.139. The zero-order valence-electron chi connectivity index (χ0n) is 50.0. The number of nitrogens with one attached hydrogen (secondary N) is 10.